The second kappa shape index (κ2) is 11.0. The van der Waals surface area contributed by atoms with Crippen molar-refractivity contribution >= 4 is 28.9 Å². The van der Waals surface area contributed by atoms with Crippen LogP contribution in [-0.2, 0) is 4.79 Å². The van der Waals surface area contributed by atoms with E-state index in [0.29, 0.717) is 17.2 Å². The maximum Gasteiger partial charge on any atom is 0.386 e. The third-order valence-electron chi connectivity index (χ3n) is 4.64. The summed E-state index contributed by atoms with van der Waals surface area (Å²) < 4.78 is 31.1. The van der Waals surface area contributed by atoms with Crippen LogP contribution in [0.25, 0.3) is 0 Å². The molecule has 3 rings (SSSR count). The van der Waals surface area contributed by atoms with Crippen molar-refractivity contribution in [1.82, 2.24) is 0 Å². The Morgan fingerprint density at radius 2 is 1.82 bits per heavy atom. The van der Waals surface area contributed by atoms with Gasteiger partial charge in [-0.15, -0.1) is 0 Å². The number of benzene rings is 2. The molecule has 174 valence electrons. The first-order valence-corrected chi connectivity index (χ1v) is 10.3. The van der Waals surface area contributed by atoms with E-state index in [0.717, 1.165) is 22.4 Å². The number of alkyl halides is 3. The van der Waals surface area contributed by atoms with E-state index in [1.165, 1.54) is 0 Å². The van der Waals surface area contributed by atoms with Crippen LogP contribution in [0.1, 0.15) is 24.5 Å². The third-order valence-corrected chi connectivity index (χ3v) is 4.87. The Labute approximate surface area is 196 Å². The van der Waals surface area contributed by atoms with Crippen LogP contribution in [-0.4, -0.2) is 36.0 Å². The highest BCUT2D eigenvalue weighted by Crippen LogP contribution is 2.31. The topological polar surface area (TPSA) is 52.9 Å². The second-order valence-corrected chi connectivity index (χ2v) is 7.70. The molecule has 1 N–H and O–H groups in total. The van der Waals surface area contributed by atoms with E-state index in [2.05, 4.69) is 13.2 Å². The summed E-state index contributed by atoms with van der Waals surface area (Å²) >= 11 is 6.24. The van der Waals surface area contributed by atoms with Crippen LogP contribution in [0.2, 0.25) is 5.02 Å². The van der Waals surface area contributed by atoms with Gasteiger partial charge in [0.15, 0.2) is 0 Å². The van der Waals surface area contributed by atoms with Crippen molar-refractivity contribution in [3.63, 3.8) is 0 Å². The van der Waals surface area contributed by atoms with Gasteiger partial charge in [-0.2, -0.15) is 13.2 Å². The number of anilines is 1. The molecule has 4 nitrogen and oxygen atoms in total. The van der Waals surface area contributed by atoms with E-state index in [9.17, 15) is 23.1 Å². The maximum absolute atomic E-state index is 13.1. The summed E-state index contributed by atoms with van der Waals surface area (Å²) in [5.74, 6) is 0.0473. The third kappa shape index (κ3) is 7.36. The van der Waals surface area contributed by atoms with E-state index in [1.54, 1.807) is 54.4 Å². The lowest BCUT2D eigenvalue weighted by atomic mass is 10.00. The number of carbonyl (C=O) groups is 1. The number of aromatic hydroxyl groups is 1. The van der Waals surface area contributed by atoms with Crippen LogP contribution in [0.5, 0.6) is 5.75 Å². The molecular formula is C25H24ClF3N2O2. The Balaban J connectivity index is 0.000000696. The first-order valence-electron chi connectivity index (χ1n) is 9.90. The predicted molar refractivity (Wildman–Crippen MR) is 127 cm³/mol. The summed E-state index contributed by atoms with van der Waals surface area (Å²) in [5, 5.41) is 10.2. The standard InChI is InChI=1S/C23H21ClN2O2.C2H3F3/c1-4-6-15(5-2)13-20-23(28)26(3)21-12-9-17(24)14-19(21)22(25-20)16-7-10-18(27)11-8-16;1-2(3,4)5/h4-12,14,20,27H,1-2,13H2,3H3;1H3/b15-6+;. The monoisotopic (exact) mass is 476 g/mol. The van der Waals surface area contributed by atoms with Gasteiger partial charge in [0.1, 0.15) is 11.8 Å². The van der Waals surface area contributed by atoms with Gasteiger partial charge in [-0.3, -0.25) is 9.79 Å². The molecular weight excluding hydrogens is 453 g/mol. The van der Waals surface area contributed by atoms with Crippen molar-refractivity contribution in [2.24, 2.45) is 4.99 Å². The zero-order chi connectivity index (χ0) is 24.8. The summed E-state index contributed by atoms with van der Waals surface area (Å²) in [6.07, 6.45) is 1.60. The lowest BCUT2D eigenvalue weighted by molar-refractivity contribution is -0.119. The smallest absolute Gasteiger partial charge is 0.386 e. The summed E-state index contributed by atoms with van der Waals surface area (Å²) in [7, 11) is 1.74. The summed E-state index contributed by atoms with van der Waals surface area (Å²) in [6.45, 7) is 7.72. The minimum Gasteiger partial charge on any atom is -0.508 e. The Bertz CT molecular complexity index is 1080. The van der Waals surface area contributed by atoms with E-state index in [-0.39, 0.29) is 18.6 Å². The van der Waals surface area contributed by atoms with Crippen molar-refractivity contribution in [3.05, 3.63) is 95.6 Å². The number of phenols is 1. The van der Waals surface area contributed by atoms with Crippen LogP contribution >= 0.6 is 11.6 Å². The second-order valence-electron chi connectivity index (χ2n) is 7.27. The molecule has 0 saturated heterocycles. The molecule has 1 aliphatic heterocycles. The molecule has 0 aliphatic carbocycles. The Kier molecular flexibility index (Phi) is 8.65. The van der Waals surface area contributed by atoms with Crippen LogP contribution in [0, 0.1) is 0 Å². The van der Waals surface area contributed by atoms with Crippen molar-refractivity contribution in [2.75, 3.05) is 11.9 Å². The van der Waals surface area contributed by atoms with Crippen molar-refractivity contribution in [3.8, 4) is 5.75 Å². The first-order chi connectivity index (χ1) is 15.4. The van der Waals surface area contributed by atoms with E-state index < -0.39 is 12.2 Å². The molecule has 0 spiro atoms. The highest BCUT2D eigenvalue weighted by atomic mass is 35.5. The average Bonchev–Trinajstić information content (AvgIpc) is 2.83. The molecule has 0 radical (unpaired) electrons. The molecule has 1 aliphatic rings. The molecule has 0 saturated carbocycles. The molecule has 1 amide bonds. The molecule has 1 unspecified atom stereocenters. The Morgan fingerprint density at radius 1 is 1.21 bits per heavy atom. The van der Waals surface area contributed by atoms with E-state index in [4.69, 9.17) is 16.6 Å². The number of nitrogens with zero attached hydrogens (tertiary/aromatic N) is 2. The molecule has 0 bridgehead atoms. The molecule has 1 heterocycles. The number of hydrogen-bond donors (Lipinski definition) is 1. The number of carbonyl (C=O) groups excluding carboxylic acids is 1. The summed E-state index contributed by atoms with van der Waals surface area (Å²) in [5.41, 5.74) is 3.82. The zero-order valence-electron chi connectivity index (χ0n) is 18.2. The van der Waals surface area contributed by atoms with E-state index >= 15 is 0 Å². The van der Waals surface area contributed by atoms with E-state index in [1.807, 2.05) is 18.2 Å². The molecule has 2 aromatic rings. The highest BCUT2D eigenvalue weighted by Gasteiger charge is 2.30. The van der Waals surface area contributed by atoms with Crippen LogP contribution in [0.15, 0.2) is 84.4 Å². The zero-order valence-corrected chi connectivity index (χ0v) is 19.0. The molecule has 33 heavy (non-hydrogen) atoms. The highest BCUT2D eigenvalue weighted by molar-refractivity contribution is 6.32. The minimum atomic E-state index is -4.00. The summed E-state index contributed by atoms with van der Waals surface area (Å²) in [4.78, 5) is 19.6. The largest absolute Gasteiger partial charge is 0.508 e. The van der Waals surface area contributed by atoms with Crippen molar-refractivity contribution in [2.45, 2.75) is 25.6 Å². The number of fused-ring (bicyclic) bond motifs is 1. The van der Waals surface area contributed by atoms with Gasteiger partial charge in [0.25, 0.3) is 5.91 Å². The number of aliphatic imine (C=N–C) groups is 1. The van der Waals surface area contributed by atoms with Gasteiger partial charge in [0.05, 0.1) is 11.4 Å². The number of phenolic OH excluding ortho intramolecular Hbond substituents is 1. The maximum atomic E-state index is 13.1. The van der Waals surface area contributed by atoms with Gasteiger partial charge in [-0.25, -0.2) is 0 Å². The molecule has 0 aromatic heterocycles. The fourth-order valence-electron chi connectivity index (χ4n) is 3.19. The van der Waals surface area contributed by atoms with Crippen LogP contribution in [0.4, 0.5) is 18.9 Å². The number of rotatable bonds is 5. The molecule has 1 atom stereocenters. The predicted octanol–water partition coefficient (Wildman–Crippen LogP) is 6.49. The quantitative estimate of drug-likeness (QED) is 0.502. The summed E-state index contributed by atoms with van der Waals surface area (Å²) in [6, 6.07) is 11.5. The molecule has 0 fully saturated rings. The van der Waals surface area contributed by atoms with Gasteiger partial charge >= 0.3 is 6.18 Å². The number of halogens is 4. The van der Waals surface area contributed by atoms with Gasteiger partial charge in [-0.05, 0) is 48.0 Å². The Morgan fingerprint density at radius 3 is 2.36 bits per heavy atom. The average molecular weight is 477 g/mol. The van der Waals surface area contributed by atoms with Gasteiger partial charge < -0.3 is 10.0 Å². The SMILES string of the molecule is C=C/C=C(\C=C)CC1N=C(c2ccc(O)cc2)c2cc(Cl)ccc2N(C)C1=O.CC(F)(F)F. The normalized spacial score (nSPS) is 16.1. The fraction of sp³-hybridized carbons (Fsp3) is 0.200. The molecule has 8 heteroatoms. The van der Waals surface area contributed by atoms with Crippen LogP contribution in [0.3, 0.4) is 0 Å². The van der Waals surface area contributed by atoms with Gasteiger partial charge in [-0.1, -0.05) is 43.0 Å². The van der Waals surface area contributed by atoms with Gasteiger partial charge in [0, 0.05) is 36.5 Å². The van der Waals surface area contributed by atoms with Crippen molar-refractivity contribution in [1.29, 1.82) is 0 Å². The van der Waals surface area contributed by atoms with Gasteiger partial charge in [0.2, 0.25) is 0 Å². The van der Waals surface area contributed by atoms with Crippen molar-refractivity contribution < 1.29 is 23.1 Å². The number of hydrogen-bond acceptors (Lipinski definition) is 3. The number of benzodiazepines with no additional fused rings is 1. The lowest BCUT2D eigenvalue weighted by Gasteiger charge is -2.20. The number of allylic oxidation sites excluding steroid dienone is 3. The first kappa shape index (κ1) is 25.9. The Hall–Kier alpha value is -3.32. The number of likely N-dealkylation sites (N-methyl/N-ethyl adjacent to an activating group) is 1. The molecule has 2 aromatic carbocycles. The minimum absolute atomic E-state index is 0.117. The number of amides is 1. The lowest BCUT2D eigenvalue weighted by Crippen LogP contribution is -2.34. The fourth-order valence-corrected chi connectivity index (χ4v) is 3.36. The van der Waals surface area contributed by atoms with Crippen LogP contribution < -0.4 is 4.90 Å².